The number of aryl methyl sites for hydroxylation is 4. The maximum absolute atomic E-state index is 13.4. The highest BCUT2D eigenvalue weighted by molar-refractivity contribution is 5.60. The van der Waals surface area contributed by atoms with Gasteiger partial charge in [-0.2, -0.15) is 13.2 Å². The Kier molecular flexibility index (Phi) is 5.35. The summed E-state index contributed by atoms with van der Waals surface area (Å²) in [5.41, 5.74) is 18.9. The molecule has 0 aliphatic rings. The molecule has 4 N–H and O–H groups in total. The van der Waals surface area contributed by atoms with Crippen LogP contribution in [0.2, 0.25) is 0 Å². The van der Waals surface area contributed by atoms with E-state index in [1.807, 2.05) is 52.0 Å². The Balaban J connectivity index is 2.29. The quantitative estimate of drug-likeness (QED) is 0.403. The summed E-state index contributed by atoms with van der Waals surface area (Å²) in [6.07, 6.45) is -4.40. The van der Waals surface area contributed by atoms with Gasteiger partial charge in [0.15, 0.2) is 0 Å². The third-order valence-corrected chi connectivity index (χ3v) is 5.45. The second-order valence-corrected chi connectivity index (χ2v) is 7.69. The number of anilines is 2. The molecule has 29 heavy (non-hydrogen) atoms. The van der Waals surface area contributed by atoms with E-state index < -0.39 is 11.7 Å². The van der Waals surface area contributed by atoms with E-state index >= 15 is 0 Å². The lowest BCUT2D eigenvalue weighted by Crippen LogP contribution is -2.10. The van der Waals surface area contributed by atoms with Crippen LogP contribution in [0.15, 0.2) is 48.5 Å². The Hall–Kier alpha value is -2.95. The second kappa shape index (κ2) is 7.47. The van der Waals surface area contributed by atoms with Crippen molar-refractivity contribution < 1.29 is 13.2 Å². The minimum atomic E-state index is -4.40. The minimum Gasteiger partial charge on any atom is -0.398 e. The molecule has 0 spiro atoms. The van der Waals surface area contributed by atoms with Gasteiger partial charge in [-0.15, -0.1) is 0 Å². The molecular weight excluding hydrogens is 373 g/mol. The zero-order valence-electron chi connectivity index (χ0n) is 17.0. The summed E-state index contributed by atoms with van der Waals surface area (Å²) in [5, 5.41) is 0. The van der Waals surface area contributed by atoms with Crippen molar-refractivity contribution in [3.05, 3.63) is 93.0 Å². The third kappa shape index (κ3) is 4.09. The van der Waals surface area contributed by atoms with Crippen molar-refractivity contribution in [1.29, 1.82) is 0 Å². The number of nitrogens with two attached hydrogens (primary N) is 2. The summed E-state index contributed by atoms with van der Waals surface area (Å²) in [5.74, 6) is -0.367. The molecule has 0 unspecified atom stereocenters. The molecule has 0 aliphatic carbocycles. The standard InChI is InChI=1S/C24H25F3N2/c1-13-8-18(9-14(2)22(13)28)21(19-10-15(3)23(29)16(4)11-19)17-6-5-7-20(12-17)24(25,26)27/h5-12,21H,28-29H2,1-4H3. The fraction of sp³-hybridized carbons (Fsp3) is 0.250. The van der Waals surface area contributed by atoms with E-state index in [1.165, 1.54) is 12.1 Å². The molecule has 3 rings (SSSR count). The molecule has 0 bridgehead atoms. The van der Waals surface area contributed by atoms with E-state index in [9.17, 15) is 13.2 Å². The van der Waals surface area contributed by atoms with Crippen LogP contribution in [0.5, 0.6) is 0 Å². The van der Waals surface area contributed by atoms with Gasteiger partial charge in [-0.3, -0.25) is 0 Å². The lowest BCUT2D eigenvalue weighted by molar-refractivity contribution is -0.137. The van der Waals surface area contributed by atoms with Gasteiger partial charge in [0.25, 0.3) is 0 Å². The molecule has 5 heteroatoms. The number of hydrogen-bond acceptors (Lipinski definition) is 2. The first-order chi connectivity index (χ1) is 13.5. The van der Waals surface area contributed by atoms with Gasteiger partial charge in [0.1, 0.15) is 0 Å². The molecule has 0 radical (unpaired) electrons. The van der Waals surface area contributed by atoms with Crippen molar-refractivity contribution in [3.8, 4) is 0 Å². The molecule has 0 atom stereocenters. The van der Waals surface area contributed by atoms with Crippen LogP contribution in [0.1, 0.15) is 50.4 Å². The van der Waals surface area contributed by atoms with E-state index in [4.69, 9.17) is 11.5 Å². The number of alkyl halides is 3. The zero-order chi connectivity index (χ0) is 21.5. The van der Waals surface area contributed by atoms with Crippen LogP contribution in [0.4, 0.5) is 24.5 Å². The Morgan fingerprint density at radius 3 is 1.45 bits per heavy atom. The molecule has 0 saturated heterocycles. The Morgan fingerprint density at radius 2 is 1.07 bits per heavy atom. The van der Waals surface area contributed by atoms with E-state index in [0.717, 1.165) is 39.4 Å². The van der Waals surface area contributed by atoms with Crippen LogP contribution >= 0.6 is 0 Å². The predicted molar refractivity (Wildman–Crippen MR) is 113 cm³/mol. The first-order valence-corrected chi connectivity index (χ1v) is 9.39. The van der Waals surface area contributed by atoms with Gasteiger partial charge < -0.3 is 11.5 Å². The molecule has 2 nitrogen and oxygen atoms in total. The Morgan fingerprint density at radius 1 is 0.655 bits per heavy atom. The highest BCUT2D eigenvalue weighted by atomic mass is 19.4. The number of halogens is 3. The largest absolute Gasteiger partial charge is 0.416 e. The van der Waals surface area contributed by atoms with Crippen LogP contribution in [-0.4, -0.2) is 0 Å². The molecule has 0 fully saturated rings. The fourth-order valence-electron chi connectivity index (χ4n) is 3.82. The molecule has 0 aliphatic heterocycles. The molecule has 152 valence electrons. The maximum atomic E-state index is 13.4. The predicted octanol–water partition coefficient (Wildman–Crippen LogP) is 6.28. The SMILES string of the molecule is Cc1cc(C(c2cccc(C(F)(F)F)c2)c2cc(C)c(N)c(C)c2)cc(C)c1N. The monoisotopic (exact) mass is 398 g/mol. The first-order valence-electron chi connectivity index (χ1n) is 9.39. The lowest BCUT2D eigenvalue weighted by Gasteiger charge is -2.23. The summed E-state index contributed by atoms with van der Waals surface area (Å²) < 4.78 is 40.1. The van der Waals surface area contributed by atoms with E-state index in [2.05, 4.69) is 0 Å². The number of nitrogen functional groups attached to an aromatic ring is 2. The van der Waals surface area contributed by atoms with Crippen LogP contribution in [0.3, 0.4) is 0 Å². The number of benzene rings is 3. The molecular formula is C24H25F3N2. The smallest absolute Gasteiger partial charge is 0.398 e. The van der Waals surface area contributed by atoms with Crippen LogP contribution in [-0.2, 0) is 6.18 Å². The van der Waals surface area contributed by atoms with Gasteiger partial charge in [-0.05, 0) is 72.7 Å². The number of hydrogen-bond donors (Lipinski definition) is 2. The summed E-state index contributed by atoms with van der Waals surface area (Å²) in [6.45, 7) is 7.64. The van der Waals surface area contributed by atoms with Gasteiger partial charge in [0, 0.05) is 17.3 Å². The summed E-state index contributed by atoms with van der Waals surface area (Å²) in [7, 11) is 0. The van der Waals surface area contributed by atoms with E-state index in [0.29, 0.717) is 16.9 Å². The van der Waals surface area contributed by atoms with E-state index in [1.54, 1.807) is 6.07 Å². The normalized spacial score (nSPS) is 11.9. The molecule has 0 heterocycles. The third-order valence-electron chi connectivity index (χ3n) is 5.45. The van der Waals surface area contributed by atoms with Gasteiger partial charge in [0.05, 0.1) is 5.56 Å². The Bertz CT molecular complexity index is 964. The zero-order valence-corrected chi connectivity index (χ0v) is 17.0. The average molecular weight is 398 g/mol. The van der Waals surface area contributed by atoms with E-state index in [-0.39, 0.29) is 5.92 Å². The van der Waals surface area contributed by atoms with Gasteiger partial charge in [0.2, 0.25) is 0 Å². The molecule has 0 aromatic heterocycles. The van der Waals surface area contributed by atoms with Crippen molar-refractivity contribution in [2.75, 3.05) is 11.5 Å². The average Bonchev–Trinajstić information content (AvgIpc) is 2.64. The van der Waals surface area contributed by atoms with Crippen molar-refractivity contribution in [1.82, 2.24) is 0 Å². The summed E-state index contributed by atoms with van der Waals surface area (Å²) in [6, 6.07) is 13.3. The minimum absolute atomic E-state index is 0.367. The van der Waals surface area contributed by atoms with Crippen molar-refractivity contribution in [2.45, 2.75) is 39.8 Å². The van der Waals surface area contributed by atoms with Gasteiger partial charge in [-0.25, -0.2) is 0 Å². The van der Waals surface area contributed by atoms with Crippen LogP contribution < -0.4 is 11.5 Å². The van der Waals surface area contributed by atoms with Gasteiger partial charge >= 0.3 is 6.18 Å². The maximum Gasteiger partial charge on any atom is 0.416 e. The van der Waals surface area contributed by atoms with Crippen molar-refractivity contribution >= 4 is 11.4 Å². The summed E-state index contributed by atoms with van der Waals surface area (Å²) in [4.78, 5) is 0. The summed E-state index contributed by atoms with van der Waals surface area (Å²) >= 11 is 0. The second-order valence-electron chi connectivity index (χ2n) is 7.69. The number of rotatable bonds is 3. The molecule has 3 aromatic carbocycles. The van der Waals surface area contributed by atoms with Crippen molar-refractivity contribution in [2.24, 2.45) is 0 Å². The van der Waals surface area contributed by atoms with Crippen LogP contribution in [0, 0.1) is 27.7 Å². The highest BCUT2D eigenvalue weighted by Gasteiger charge is 2.31. The molecule has 0 saturated carbocycles. The Labute approximate surface area is 169 Å². The van der Waals surface area contributed by atoms with Crippen LogP contribution in [0.25, 0.3) is 0 Å². The topological polar surface area (TPSA) is 52.0 Å². The molecule has 3 aromatic rings. The first kappa shape index (κ1) is 20.8. The fourth-order valence-corrected chi connectivity index (χ4v) is 3.82. The highest BCUT2D eigenvalue weighted by Crippen LogP contribution is 2.39. The van der Waals surface area contributed by atoms with Crippen molar-refractivity contribution in [3.63, 3.8) is 0 Å². The van der Waals surface area contributed by atoms with Gasteiger partial charge in [-0.1, -0.05) is 42.5 Å². The lowest BCUT2D eigenvalue weighted by atomic mass is 9.82. The molecule has 0 amide bonds.